The van der Waals surface area contributed by atoms with Crippen LogP contribution in [0.15, 0.2) is 42.2 Å². The maximum atomic E-state index is 12.7. The van der Waals surface area contributed by atoms with Gasteiger partial charge in [-0.1, -0.05) is 18.2 Å². The summed E-state index contributed by atoms with van der Waals surface area (Å²) >= 11 is 0. The number of esters is 1. The maximum absolute atomic E-state index is 12.7. The predicted octanol–water partition coefficient (Wildman–Crippen LogP) is 2.68. The van der Waals surface area contributed by atoms with Gasteiger partial charge in [-0.3, -0.25) is 0 Å². The van der Waals surface area contributed by atoms with Crippen LogP contribution in [0.3, 0.4) is 0 Å². The van der Waals surface area contributed by atoms with Crippen LogP contribution in [0.1, 0.15) is 12.0 Å². The Balaban J connectivity index is 2.04. The van der Waals surface area contributed by atoms with E-state index < -0.39 is 5.97 Å². The molecule has 0 amide bonds. The number of methoxy groups -OCH3 is 1. The first-order chi connectivity index (χ1) is 8.67. The number of hydrogen-bond donors (Lipinski definition) is 0. The van der Waals surface area contributed by atoms with E-state index in [1.807, 2.05) is 0 Å². The highest BCUT2D eigenvalue weighted by Gasteiger charge is 2.19. The SMILES string of the molecule is COC1=CC(=O)OC(C=Cc2ccc(F)cc2)C1. The fraction of sp³-hybridized carbons (Fsp3) is 0.214. The van der Waals surface area contributed by atoms with Crippen molar-refractivity contribution in [2.24, 2.45) is 0 Å². The summed E-state index contributed by atoms with van der Waals surface area (Å²) in [5.74, 6) is -0.0901. The van der Waals surface area contributed by atoms with E-state index in [2.05, 4.69) is 0 Å². The van der Waals surface area contributed by atoms with Crippen molar-refractivity contribution >= 4 is 12.0 Å². The molecule has 1 aliphatic rings. The third-order valence-corrected chi connectivity index (χ3v) is 2.58. The summed E-state index contributed by atoms with van der Waals surface area (Å²) in [7, 11) is 1.52. The molecule has 0 saturated heterocycles. The standard InChI is InChI=1S/C14H13FO3/c1-17-13-8-12(18-14(16)9-13)7-4-10-2-5-11(15)6-3-10/h2-7,9,12H,8H2,1H3. The first kappa shape index (κ1) is 12.4. The molecule has 1 atom stereocenters. The molecule has 0 aliphatic carbocycles. The molecule has 1 aromatic carbocycles. The number of hydrogen-bond acceptors (Lipinski definition) is 3. The zero-order chi connectivity index (χ0) is 13.0. The molecule has 94 valence electrons. The molecule has 18 heavy (non-hydrogen) atoms. The average Bonchev–Trinajstić information content (AvgIpc) is 2.37. The van der Waals surface area contributed by atoms with Crippen LogP contribution in [-0.4, -0.2) is 19.2 Å². The van der Waals surface area contributed by atoms with Crippen LogP contribution < -0.4 is 0 Å². The minimum atomic E-state index is -0.410. The van der Waals surface area contributed by atoms with Crippen LogP contribution in [0.25, 0.3) is 6.08 Å². The molecule has 0 aromatic heterocycles. The zero-order valence-electron chi connectivity index (χ0n) is 9.93. The number of halogens is 1. The molecule has 3 nitrogen and oxygen atoms in total. The molecule has 0 saturated carbocycles. The summed E-state index contributed by atoms with van der Waals surface area (Å²) in [5, 5.41) is 0. The molecule has 0 N–H and O–H groups in total. The van der Waals surface area contributed by atoms with Crippen molar-refractivity contribution in [3.8, 4) is 0 Å². The highest BCUT2D eigenvalue weighted by molar-refractivity contribution is 5.83. The Morgan fingerprint density at radius 2 is 2.11 bits per heavy atom. The minimum Gasteiger partial charge on any atom is -0.501 e. The van der Waals surface area contributed by atoms with E-state index in [0.717, 1.165) is 5.56 Å². The van der Waals surface area contributed by atoms with Crippen LogP contribution in [0.5, 0.6) is 0 Å². The van der Waals surface area contributed by atoms with Crippen LogP contribution in [0, 0.1) is 5.82 Å². The van der Waals surface area contributed by atoms with Gasteiger partial charge in [-0.15, -0.1) is 0 Å². The highest BCUT2D eigenvalue weighted by Crippen LogP contribution is 2.18. The van der Waals surface area contributed by atoms with Crippen molar-refractivity contribution in [1.29, 1.82) is 0 Å². The van der Waals surface area contributed by atoms with Crippen molar-refractivity contribution in [3.05, 3.63) is 53.6 Å². The number of carbonyl (C=O) groups is 1. The lowest BCUT2D eigenvalue weighted by atomic mass is 10.1. The lowest BCUT2D eigenvalue weighted by Crippen LogP contribution is -2.21. The number of carbonyl (C=O) groups excluding carboxylic acids is 1. The first-order valence-electron chi connectivity index (χ1n) is 5.56. The molecule has 0 bridgehead atoms. The molecule has 0 spiro atoms. The first-order valence-corrected chi connectivity index (χ1v) is 5.56. The van der Waals surface area contributed by atoms with Gasteiger partial charge in [0.05, 0.1) is 13.2 Å². The molecule has 1 aliphatic heterocycles. The minimum absolute atomic E-state index is 0.277. The van der Waals surface area contributed by atoms with Crippen molar-refractivity contribution in [3.63, 3.8) is 0 Å². The quantitative estimate of drug-likeness (QED) is 0.771. The van der Waals surface area contributed by atoms with Gasteiger partial charge in [-0.2, -0.15) is 0 Å². The van der Waals surface area contributed by atoms with Gasteiger partial charge < -0.3 is 9.47 Å². The Morgan fingerprint density at radius 1 is 1.39 bits per heavy atom. The Morgan fingerprint density at radius 3 is 2.78 bits per heavy atom. The Hall–Kier alpha value is -2.10. The second kappa shape index (κ2) is 5.49. The van der Waals surface area contributed by atoms with E-state index >= 15 is 0 Å². The predicted molar refractivity (Wildman–Crippen MR) is 65.0 cm³/mol. The van der Waals surface area contributed by atoms with E-state index in [4.69, 9.17) is 9.47 Å². The Labute approximate surface area is 105 Å². The monoisotopic (exact) mass is 248 g/mol. The third kappa shape index (κ3) is 3.20. The zero-order valence-corrected chi connectivity index (χ0v) is 9.93. The average molecular weight is 248 g/mol. The molecular weight excluding hydrogens is 235 g/mol. The number of rotatable bonds is 3. The van der Waals surface area contributed by atoms with E-state index in [-0.39, 0.29) is 11.9 Å². The molecular formula is C14H13FO3. The lowest BCUT2D eigenvalue weighted by Gasteiger charge is -2.19. The molecule has 1 unspecified atom stereocenters. The topological polar surface area (TPSA) is 35.5 Å². The van der Waals surface area contributed by atoms with Gasteiger partial charge in [0.1, 0.15) is 17.7 Å². The van der Waals surface area contributed by atoms with Gasteiger partial charge in [-0.05, 0) is 23.8 Å². The summed E-state index contributed by atoms with van der Waals surface area (Å²) in [6, 6.07) is 6.08. The summed E-state index contributed by atoms with van der Waals surface area (Å²) in [6.45, 7) is 0. The van der Waals surface area contributed by atoms with Crippen LogP contribution in [0.4, 0.5) is 4.39 Å². The van der Waals surface area contributed by atoms with E-state index in [0.29, 0.717) is 12.2 Å². The van der Waals surface area contributed by atoms with Crippen molar-refractivity contribution < 1.29 is 18.7 Å². The van der Waals surface area contributed by atoms with Crippen molar-refractivity contribution in [1.82, 2.24) is 0 Å². The number of cyclic esters (lactones) is 1. The van der Waals surface area contributed by atoms with Crippen LogP contribution in [-0.2, 0) is 14.3 Å². The number of ether oxygens (including phenoxy) is 2. The summed E-state index contributed by atoms with van der Waals surface area (Å²) in [4.78, 5) is 11.2. The summed E-state index contributed by atoms with van der Waals surface area (Å²) < 4.78 is 22.9. The smallest absolute Gasteiger partial charge is 0.334 e. The summed E-state index contributed by atoms with van der Waals surface area (Å²) in [5.41, 5.74) is 0.848. The number of benzene rings is 1. The van der Waals surface area contributed by atoms with Crippen molar-refractivity contribution in [2.75, 3.05) is 7.11 Å². The van der Waals surface area contributed by atoms with Gasteiger partial charge in [0, 0.05) is 6.42 Å². The molecule has 0 radical (unpaired) electrons. The molecule has 1 aromatic rings. The second-order valence-electron chi connectivity index (χ2n) is 3.90. The van der Waals surface area contributed by atoms with Crippen LogP contribution >= 0.6 is 0 Å². The molecule has 2 rings (SSSR count). The van der Waals surface area contributed by atoms with Gasteiger partial charge in [0.15, 0.2) is 0 Å². The van der Waals surface area contributed by atoms with Crippen molar-refractivity contribution in [2.45, 2.75) is 12.5 Å². The van der Waals surface area contributed by atoms with Gasteiger partial charge in [-0.25, -0.2) is 9.18 Å². The van der Waals surface area contributed by atoms with E-state index in [9.17, 15) is 9.18 Å². The fourth-order valence-corrected chi connectivity index (χ4v) is 1.66. The van der Waals surface area contributed by atoms with Gasteiger partial charge in [0.2, 0.25) is 0 Å². The normalized spacial score (nSPS) is 19.6. The van der Waals surface area contributed by atoms with Crippen LogP contribution in [0.2, 0.25) is 0 Å². The molecule has 0 fully saturated rings. The van der Waals surface area contributed by atoms with Gasteiger partial charge in [0.25, 0.3) is 0 Å². The lowest BCUT2D eigenvalue weighted by molar-refractivity contribution is -0.142. The van der Waals surface area contributed by atoms with Gasteiger partial charge >= 0.3 is 5.97 Å². The largest absolute Gasteiger partial charge is 0.501 e. The third-order valence-electron chi connectivity index (χ3n) is 2.58. The maximum Gasteiger partial charge on any atom is 0.334 e. The Kier molecular flexibility index (Phi) is 3.77. The second-order valence-corrected chi connectivity index (χ2v) is 3.90. The van der Waals surface area contributed by atoms with E-state index in [1.54, 1.807) is 24.3 Å². The highest BCUT2D eigenvalue weighted by atomic mass is 19.1. The molecule has 1 heterocycles. The Bertz CT molecular complexity index is 488. The fourth-order valence-electron chi connectivity index (χ4n) is 1.66. The summed E-state index contributed by atoms with van der Waals surface area (Å²) in [6.07, 6.45) is 5.05. The molecule has 4 heteroatoms. The van der Waals surface area contributed by atoms with E-state index in [1.165, 1.54) is 25.3 Å².